The molecule has 0 aliphatic carbocycles. The van der Waals surface area contributed by atoms with Crippen molar-refractivity contribution < 1.29 is 0 Å². The first kappa shape index (κ1) is 6.93. The minimum atomic E-state index is 1.21. The fourth-order valence-electron chi connectivity index (χ4n) is 0.933. The summed E-state index contributed by atoms with van der Waals surface area (Å²) in [5.74, 6) is 0. The van der Waals surface area contributed by atoms with Gasteiger partial charge in [-0.25, -0.2) is 0 Å². The van der Waals surface area contributed by atoms with Gasteiger partial charge in [-0.1, -0.05) is 0 Å². The van der Waals surface area contributed by atoms with Gasteiger partial charge in [-0.05, 0) is 0 Å². The van der Waals surface area contributed by atoms with Gasteiger partial charge in [0.2, 0.25) is 0 Å². The van der Waals surface area contributed by atoms with E-state index in [4.69, 9.17) is 0 Å². The van der Waals surface area contributed by atoms with Crippen LogP contribution in [-0.4, -0.2) is 17.7 Å². The van der Waals surface area contributed by atoms with Crippen molar-refractivity contribution in [3.8, 4) is 0 Å². The van der Waals surface area contributed by atoms with Crippen molar-refractivity contribution in [2.45, 2.75) is 11.5 Å². The van der Waals surface area contributed by atoms with Crippen LogP contribution in [0.15, 0.2) is 30.3 Å². The first-order valence-corrected chi connectivity index (χ1v) is 3.47. The molecule has 0 spiro atoms. The molecule has 0 radical (unpaired) electrons. The second-order valence-electron chi connectivity index (χ2n) is 2.24. The molecule has 0 amide bonds. The molecule has 0 N–H and O–H groups in total. The molecular weight excluding hydrogens is 103 g/mol. The van der Waals surface area contributed by atoms with E-state index in [1.165, 1.54) is 17.1 Å². The van der Waals surface area contributed by atoms with Gasteiger partial charge in [-0.15, -0.1) is 0 Å². The summed E-state index contributed by atoms with van der Waals surface area (Å²) in [4.78, 5) is 0. The van der Waals surface area contributed by atoms with Crippen LogP contribution in [0.25, 0.3) is 0 Å². The topological polar surface area (TPSA) is 0 Å². The molecule has 0 fully saturated rings. The summed E-state index contributed by atoms with van der Waals surface area (Å²) >= 11 is 2.20. The van der Waals surface area contributed by atoms with Crippen molar-refractivity contribution in [2.24, 2.45) is 0 Å². The number of hydrogen-bond donors (Lipinski definition) is 0. The Labute approximate surface area is 65.5 Å². The summed E-state index contributed by atoms with van der Waals surface area (Å²) in [5, 5.41) is 1.24. The van der Waals surface area contributed by atoms with Gasteiger partial charge in [0.15, 0.2) is 0 Å². The third kappa shape index (κ3) is 2.26. The summed E-state index contributed by atoms with van der Waals surface area (Å²) in [6.07, 6.45) is 1.21. The molecule has 42 valence electrons. The molecular formula is C8H9Li. The monoisotopic (exact) mass is 112 g/mol. The predicted molar refractivity (Wildman–Crippen MR) is 40.7 cm³/mol. The molecule has 1 aromatic rings. The zero-order chi connectivity index (χ0) is 6.53. The minimum absolute atomic E-state index is 1.21. The SMILES string of the molecule is [Li][CH2]Cc1ccccc1. The molecule has 0 aliphatic heterocycles. The zero-order valence-electron chi connectivity index (χ0n) is 5.80. The first-order valence-electron chi connectivity index (χ1n) is 3.47. The van der Waals surface area contributed by atoms with E-state index in [0.29, 0.717) is 0 Å². The van der Waals surface area contributed by atoms with Crippen molar-refractivity contribution in [1.82, 2.24) is 0 Å². The molecule has 0 saturated carbocycles. The molecule has 1 rings (SSSR count). The van der Waals surface area contributed by atoms with E-state index in [9.17, 15) is 0 Å². The van der Waals surface area contributed by atoms with Crippen LogP contribution in [-0.2, 0) is 6.42 Å². The Bertz CT molecular complexity index is 157. The number of hydrogen-bond acceptors (Lipinski definition) is 0. The van der Waals surface area contributed by atoms with Crippen LogP contribution in [0, 0.1) is 0 Å². The van der Waals surface area contributed by atoms with Crippen LogP contribution >= 0.6 is 0 Å². The summed E-state index contributed by atoms with van der Waals surface area (Å²) in [7, 11) is 0. The predicted octanol–water partition coefficient (Wildman–Crippen LogP) is 1.82. The van der Waals surface area contributed by atoms with Gasteiger partial charge in [-0.2, -0.15) is 0 Å². The normalized spacial score (nSPS) is 9.56. The molecule has 1 heteroatoms. The Morgan fingerprint density at radius 2 is 1.78 bits per heavy atom. The first-order chi connectivity index (χ1) is 4.43. The van der Waals surface area contributed by atoms with Crippen molar-refractivity contribution in [1.29, 1.82) is 0 Å². The standard InChI is InChI=1S/C8H9.Li/c1-2-8-6-4-3-5-7-8;/h3-7H,1-2H2;. The maximum atomic E-state index is 2.20. The molecule has 0 nitrogen and oxygen atoms in total. The van der Waals surface area contributed by atoms with E-state index >= 15 is 0 Å². The molecule has 0 bridgehead atoms. The fraction of sp³-hybridized carbons (Fsp3) is 0.250. The van der Waals surface area contributed by atoms with Gasteiger partial charge in [0.25, 0.3) is 0 Å². The average Bonchev–Trinajstić information content (AvgIpc) is 1.91. The van der Waals surface area contributed by atoms with Crippen LogP contribution in [0.2, 0.25) is 5.09 Å². The van der Waals surface area contributed by atoms with Crippen LogP contribution < -0.4 is 0 Å². The third-order valence-electron chi connectivity index (χ3n) is 1.38. The van der Waals surface area contributed by atoms with E-state index in [1.54, 1.807) is 0 Å². The van der Waals surface area contributed by atoms with Gasteiger partial charge in [-0.3, -0.25) is 0 Å². The third-order valence-corrected chi connectivity index (χ3v) is 1.38. The van der Waals surface area contributed by atoms with Gasteiger partial charge < -0.3 is 0 Å². The quantitative estimate of drug-likeness (QED) is 0.512. The van der Waals surface area contributed by atoms with E-state index in [2.05, 4.69) is 48.0 Å². The molecule has 1 aromatic carbocycles. The van der Waals surface area contributed by atoms with Crippen LogP contribution in [0.3, 0.4) is 0 Å². The van der Waals surface area contributed by atoms with Crippen molar-refractivity contribution in [2.75, 3.05) is 0 Å². The van der Waals surface area contributed by atoms with E-state index in [-0.39, 0.29) is 0 Å². The molecule has 9 heavy (non-hydrogen) atoms. The molecule has 0 unspecified atom stereocenters. The van der Waals surface area contributed by atoms with Crippen LogP contribution in [0.1, 0.15) is 5.56 Å². The van der Waals surface area contributed by atoms with E-state index in [0.717, 1.165) is 0 Å². The van der Waals surface area contributed by atoms with Crippen LogP contribution in [0.4, 0.5) is 0 Å². The summed E-state index contributed by atoms with van der Waals surface area (Å²) in [5.41, 5.74) is 1.44. The Balaban J connectivity index is 2.61. The summed E-state index contributed by atoms with van der Waals surface area (Å²) < 4.78 is 0. The van der Waals surface area contributed by atoms with E-state index < -0.39 is 0 Å². The number of rotatable bonds is 2. The van der Waals surface area contributed by atoms with Crippen molar-refractivity contribution >= 4 is 17.7 Å². The molecule has 0 heterocycles. The summed E-state index contributed by atoms with van der Waals surface area (Å²) in [6.45, 7) is 0. The second kappa shape index (κ2) is 3.77. The average molecular weight is 112 g/mol. The maximum absolute atomic E-state index is 2.20. The zero-order valence-corrected chi connectivity index (χ0v) is 5.80. The Morgan fingerprint density at radius 3 is 2.33 bits per heavy atom. The fourth-order valence-corrected chi connectivity index (χ4v) is 0.933. The number of aryl methyl sites for hydroxylation is 1. The van der Waals surface area contributed by atoms with Crippen molar-refractivity contribution in [3.63, 3.8) is 0 Å². The molecule has 0 atom stereocenters. The Hall–Kier alpha value is -0.183. The van der Waals surface area contributed by atoms with Gasteiger partial charge >= 0.3 is 65.1 Å². The van der Waals surface area contributed by atoms with E-state index in [1.807, 2.05) is 0 Å². The van der Waals surface area contributed by atoms with Gasteiger partial charge in [0, 0.05) is 0 Å². The summed E-state index contributed by atoms with van der Waals surface area (Å²) in [6, 6.07) is 10.6. The van der Waals surface area contributed by atoms with Crippen molar-refractivity contribution in [3.05, 3.63) is 35.9 Å². The Kier molecular flexibility index (Phi) is 2.90. The molecule has 0 aromatic heterocycles. The number of benzene rings is 1. The second-order valence-corrected chi connectivity index (χ2v) is 2.24. The van der Waals surface area contributed by atoms with Crippen LogP contribution in [0.5, 0.6) is 0 Å². The Morgan fingerprint density at radius 1 is 1.11 bits per heavy atom. The van der Waals surface area contributed by atoms with Gasteiger partial charge in [0.1, 0.15) is 0 Å². The van der Waals surface area contributed by atoms with Gasteiger partial charge in [0.05, 0.1) is 0 Å². The molecule has 0 aliphatic rings. The molecule has 0 saturated heterocycles.